The van der Waals surface area contributed by atoms with Crippen LogP contribution in [0.15, 0.2) is 74.9 Å². The highest BCUT2D eigenvalue weighted by Gasteiger charge is 2.31. The second-order valence-electron chi connectivity index (χ2n) is 7.88. The topological polar surface area (TPSA) is 98.5 Å². The number of rotatable bonds is 3. The van der Waals surface area contributed by atoms with Gasteiger partial charge >= 0.3 is 5.97 Å². The first-order valence-corrected chi connectivity index (χ1v) is 11.9. The molecule has 5 rings (SSSR count). The second kappa shape index (κ2) is 8.97. The van der Waals surface area contributed by atoms with Crippen molar-refractivity contribution in [2.45, 2.75) is 12.8 Å². The number of carbonyl (C=O) groups is 1. The second-order valence-corrected chi connectivity index (χ2v) is 9.61. The number of ether oxygens (including phenoxy) is 2. The standard InChI is InChI=1S/C26H15BrCl2N2O4/c1-12-16-5-3-14(27)9-21(16)34-24(12)26(32)33-15-4-6-17-22(10-15)35-25(31)18(11-30)23(17)13-2-7-19(28)20(29)8-13/h2-10,23H,31H2,1H3. The Kier molecular flexibility index (Phi) is 5.97. The van der Waals surface area contributed by atoms with Crippen LogP contribution >= 0.6 is 39.1 Å². The fraction of sp³-hybridized carbons (Fsp3) is 0.0769. The maximum Gasteiger partial charge on any atom is 0.379 e. The smallest absolute Gasteiger partial charge is 0.379 e. The van der Waals surface area contributed by atoms with Gasteiger partial charge in [-0.15, -0.1) is 0 Å². The molecule has 1 atom stereocenters. The Labute approximate surface area is 218 Å². The van der Waals surface area contributed by atoms with Gasteiger partial charge in [0.05, 0.1) is 16.0 Å². The molecule has 0 fully saturated rings. The Balaban J connectivity index is 1.50. The van der Waals surface area contributed by atoms with Gasteiger partial charge in [-0.1, -0.05) is 51.3 Å². The maximum atomic E-state index is 12.9. The summed E-state index contributed by atoms with van der Waals surface area (Å²) in [6.07, 6.45) is 0. The minimum atomic E-state index is -0.646. The number of esters is 1. The Morgan fingerprint density at radius 3 is 2.66 bits per heavy atom. The Bertz CT molecular complexity index is 1600. The van der Waals surface area contributed by atoms with Crippen LogP contribution in [0.25, 0.3) is 11.0 Å². The number of hydrogen-bond acceptors (Lipinski definition) is 6. The Morgan fingerprint density at radius 2 is 1.91 bits per heavy atom. The molecule has 6 nitrogen and oxygen atoms in total. The van der Waals surface area contributed by atoms with Crippen LogP contribution in [0.2, 0.25) is 10.0 Å². The van der Waals surface area contributed by atoms with Crippen LogP contribution < -0.4 is 15.2 Å². The van der Waals surface area contributed by atoms with Crippen molar-refractivity contribution >= 4 is 56.1 Å². The van der Waals surface area contributed by atoms with Crippen molar-refractivity contribution in [2.75, 3.05) is 0 Å². The lowest BCUT2D eigenvalue weighted by atomic mass is 9.83. The van der Waals surface area contributed by atoms with E-state index < -0.39 is 11.9 Å². The molecular formula is C26H15BrCl2N2O4. The molecule has 1 unspecified atom stereocenters. The summed E-state index contributed by atoms with van der Waals surface area (Å²) in [5, 5.41) is 11.3. The zero-order chi connectivity index (χ0) is 24.9. The molecule has 0 amide bonds. The number of fused-ring (bicyclic) bond motifs is 2. The van der Waals surface area contributed by atoms with Gasteiger partial charge in [0.1, 0.15) is 28.7 Å². The molecule has 0 saturated heterocycles. The van der Waals surface area contributed by atoms with Crippen LogP contribution in [0.1, 0.15) is 33.2 Å². The van der Waals surface area contributed by atoms with Crippen molar-refractivity contribution < 1.29 is 18.7 Å². The first-order valence-electron chi connectivity index (χ1n) is 10.3. The van der Waals surface area contributed by atoms with Crippen LogP contribution in [-0.2, 0) is 0 Å². The summed E-state index contributed by atoms with van der Waals surface area (Å²) in [4.78, 5) is 12.9. The summed E-state index contributed by atoms with van der Waals surface area (Å²) in [6, 6.07) is 17.7. The van der Waals surface area contributed by atoms with E-state index in [4.69, 9.17) is 42.8 Å². The molecule has 1 aromatic heterocycles. The third-order valence-corrected chi connectivity index (χ3v) is 7.00. The predicted octanol–water partition coefficient (Wildman–Crippen LogP) is 7.25. The fourth-order valence-corrected chi connectivity index (χ4v) is 4.73. The van der Waals surface area contributed by atoms with Gasteiger partial charge < -0.3 is 19.6 Å². The van der Waals surface area contributed by atoms with Gasteiger partial charge in [-0.05, 0) is 48.9 Å². The highest BCUT2D eigenvalue weighted by Crippen LogP contribution is 2.44. The molecule has 1 aliphatic heterocycles. The third kappa shape index (κ3) is 4.14. The van der Waals surface area contributed by atoms with Crippen molar-refractivity contribution in [3.8, 4) is 17.6 Å². The minimum Gasteiger partial charge on any atom is -0.449 e. The quantitative estimate of drug-likeness (QED) is 0.206. The van der Waals surface area contributed by atoms with Crippen LogP contribution in [0.5, 0.6) is 11.5 Å². The van der Waals surface area contributed by atoms with Crippen LogP contribution in [0.4, 0.5) is 0 Å². The highest BCUT2D eigenvalue weighted by molar-refractivity contribution is 9.10. The number of furan rings is 1. The first kappa shape index (κ1) is 23.3. The van der Waals surface area contributed by atoms with Crippen LogP contribution in [0, 0.1) is 18.3 Å². The molecule has 0 radical (unpaired) electrons. The number of halogens is 3. The number of carbonyl (C=O) groups excluding carboxylic acids is 1. The van der Waals surface area contributed by atoms with E-state index in [0.717, 1.165) is 15.4 Å². The molecule has 0 aliphatic carbocycles. The number of benzene rings is 3. The molecule has 9 heteroatoms. The molecule has 0 bridgehead atoms. The van der Waals surface area contributed by atoms with Gasteiger partial charge in [0.15, 0.2) is 0 Å². The number of nitrogens with two attached hydrogens (primary N) is 1. The van der Waals surface area contributed by atoms with E-state index in [1.165, 1.54) is 0 Å². The molecular weight excluding hydrogens is 555 g/mol. The fourth-order valence-electron chi connectivity index (χ4n) is 4.08. The number of aryl methyl sites for hydroxylation is 1. The van der Waals surface area contributed by atoms with Crippen molar-refractivity contribution in [3.63, 3.8) is 0 Å². The van der Waals surface area contributed by atoms with Gasteiger partial charge in [-0.3, -0.25) is 0 Å². The van der Waals surface area contributed by atoms with E-state index in [-0.39, 0.29) is 23.0 Å². The summed E-state index contributed by atoms with van der Waals surface area (Å²) in [7, 11) is 0. The lowest BCUT2D eigenvalue weighted by Crippen LogP contribution is -2.21. The van der Waals surface area contributed by atoms with E-state index in [1.807, 2.05) is 12.1 Å². The molecule has 174 valence electrons. The van der Waals surface area contributed by atoms with Crippen LogP contribution in [-0.4, -0.2) is 5.97 Å². The molecule has 3 aromatic carbocycles. The van der Waals surface area contributed by atoms with E-state index in [0.29, 0.717) is 32.5 Å². The van der Waals surface area contributed by atoms with Gasteiger partial charge in [0.25, 0.3) is 0 Å². The summed E-state index contributed by atoms with van der Waals surface area (Å²) in [6.45, 7) is 1.79. The van der Waals surface area contributed by atoms with E-state index in [1.54, 1.807) is 49.4 Å². The van der Waals surface area contributed by atoms with Gasteiger partial charge in [-0.2, -0.15) is 5.26 Å². The van der Waals surface area contributed by atoms with Crippen molar-refractivity contribution in [1.29, 1.82) is 5.26 Å². The zero-order valence-corrected chi connectivity index (χ0v) is 21.2. The van der Waals surface area contributed by atoms with E-state index in [2.05, 4.69) is 22.0 Å². The number of hydrogen-bond donors (Lipinski definition) is 1. The predicted molar refractivity (Wildman–Crippen MR) is 136 cm³/mol. The Morgan fingerprint density at radius 1 is 1.11 bits per heavy atom. The van der Waals surface area contributed by atoms with Gasteiger partial charge in [0.2, 0.25) is 11.6 Å². The summed E-state index contributed by atoms with van der Waals surface area (Å²) < 4.78 is 17.9. The van der Waals surface area contributed by atoms with E-state index in [9.17, 15) is 10.1 Å². The van der Waals surface area contributed by atoms with Gasteiger partial charge in [-0.25, -0.2) is 4.79 Å². The average Bonchev–Trinajstić information content (AvgIpc) is 3.15. The van der Waals surface area contributed by atoms with Crippen molar-refractivity contribution in [2.24, 2.45) is 5.73 Å². The lowest BCUT2D eigenvalue weighted by Gasteiger charge is -2.27. The molecule has 2 N–H and O–H groups in total. The summed E-state index contributed by atoms with van der Waals surface area (Å²) in [5.41, 5.74) is 8.94. The molecule has 2 heterocycles. The largest absolute Gasteiger partial charge is 0.449 e. The molecule has 0 saturated carbocycles. The SMILES string of the molecule is Cc1c(C(=O)Oc2ccc3c(c2)OC(N)=C(C#N)C3c2ccc(Cl)c(Cl)c2)oc2cc(Br)ccc12. The molecule has 4 aromatic rings. The molecule has 1 aliphatic rings. The first-order chi connectivity index (χ1) is 16.8. The summed E-state index contributed by atoms with van der Waals surface area (Å²) in [5.74, 6) is -0.522. The highest BCUT2D eigenvalue weighted by atomic mass is 79.9. The third-order valence-electron chi connectivity index (χ3n) is 5.76. The lowest BCUT2D eigenvalue weighted by molar-refractivity contribution is 0.0702. The number of nitrogens with zero attached hydrogens (tertiary/aromatic N) is 1. The maximum absolute atomic E-state index is 12.9. The summed E-state index contributed by atoms with van der Waals surface area (Å²) >= 11 is 15.7. The molecule has 0 spiro atoms. The van der Waals surface area contributed by atoms with Crippen molar-refractivity contribution in [1.82, 2.24) is 0 Å². The van der Waals surface area contributed by atoms with E-state index >= 15 is 0 Å². The minimum absolute atomic E-state index is 0.0433. The zero-order valence-electron chi connectivity index (χ0n) is 18.1. The van der Waals surface area contributed by atoms with Gasteiger partial charge in [0, 0.05) is 27.1 Å². The Hall–Kier alpha value is -3.44. The molecule has 35 heavy (non-hydrogen) atoms. The van der Waals surface area contributed by atoms with Crippen LogP contribution in [0.3, 0.4) is 0 Å². The number of allylic oxidation sites excluding steroid dienone is 1. The average molecular weight is 570 g/mol. The monoisotopic (exact) mass is 568 g/mol. The number of nitriles is 1. The normalized spacial score (nSPS) is 14.9. The van der Waals surface area contributed by atoms with Crippen molar-refractivity contribution in [3.05, 3.63) is 103 Å².